The van der Waals surface area contributed by atoms with Crippen LogP contribution in [0.25, 0.3) is 0 Å². The number of methoxy groups -OCH3 is 1. The van der Waals surface area contributed by atoms with Crippen LogP contribution in [0.4, 0.5) is 4.79 Å². The maximum atomic E-state index is 12.6. The summed E-state index contributed by atoms with van der Waals surface area (Å²) in [6.07, 6.45) is -1.17. The van der Waals surface area contributed by atoms with Crippen LogP contribution in [-0.4, -0.2) is 159 Å². The molecule has 0 aliphatic carbocycles. The topological polar surface area (TPSA) is 205 Å². The number of hydroxylamine groups is 2. The van der Waals surface area contributed by atoms with Gasteiger partial charge in [-0.2, -0.15) is 0 Å². The molecule has 1 atom stereocenters. The Bertz CT molecular complexity index is 916. The fraction of sp³-hybridized carbons (Fsp3) is 0.833. The van der Waals surface area contributed by atoms with Crippen molar-refractivity contribution in [2.45, 2.75) is 51.7 Å². The first-order valence-corrected chi connectivity index (χ1v) is 15.9. The highest BCUT2D eigenvalue weighted by molar-refractivity contribution is 6.02. The molecule has 48 heavy (non-hydrogen) atoms. The standard InChI is InChI=1S/C30H53N3O15/c1-30(2,3)47-29(38)32-24(28(37)48-33-26(35)5-6-27(33)36)23-31-25(34)7-8-40-11-12-42-15-16-44-19-20-46-22-21-45-18-17-43-14-13-41-10-9-39-4/h24H,5-23H2,1-4H3,(H,31,34)(H,32,38)/t24-/m0/s1. The summed E-state index contributed by atoms with van der Waals surface area (Å²) in [7, 11) is 1.62. The molecule has 0 aromatic rings. The lowest BCUT2D eigenvalue weighted by molar-refractivity contribution is -0.198. The molecule has 0 radical (unpaired) electrons. The Morgan fingerprint density at radius 2 is 1.06 bits per heavy atom. The predicted octanol–water partition coefficient (Wildman–Crippen LogP) is -0.244. The number of hydrogen-bond acceptors (Lipinski definition) is 15. The quantitative estimate of drug-likeness (QED) is 0.0765. The predicted molar refractivity (Wildman–Crippen MR) is 166 cm³/mol. The van der Waals surface area contributed by atoms with E-state index in [0.717, 1.165) is 0 Å². The van der Waals surface area contributed by atoms with E-state index in [2.05, 4.69) is 10.6 Å². The number of amides is 4. The second kappa shape index (κ2) is 26.9. The zero-order valence-electron chi connectivity index (χ0n) is 28.6. The van der Waals surface area contributed by atoms with E-state index in [1.54, 1.807) is 27.9 Å². The van der Waals surface area contributed by atoms with Gasteiger partial charge >= 0.3 is 12.1 Å². The molecular formula is C30H53N3O15. The molecular weight excluding hydrogens is 642 g/mol. The summed E-state index contributed by atoms with van der Waals surface area (Å²) < 4.78 is 47.8. The molecule has 278 valence electrons. The van der Waals surface area contributed by atoms with Gasteiger partial charge in [0.25, 0.3) is 11.8 Å². The van der Waals surface area contributed by atoms with Crippen molar-refractivity contribution in [1.29, 1.82) is 0 Å². The fourth-order valence-electron chi connectivity index (χ4n) is 3.49. The summed E-state index contributed by atoms with van der Waals surface area (Å²) in [6.45, 7) is 10.8. The van der Waals surface area contributed by atoms with E-state index >= 15 is 0 Å². The molecule has 0 bridgehead atoms. The fourth-order valence-corrected chi connectivity index (χ4v) is 3.49. The van der Waals surface area contributed by atoms with Crippen LogP contribution in [0, 0.1) is 0 Å². The molecule has 2 N–H and O–H groups in total. The van der Waals surface area contributed by atoms with Crippen molar-refractivity contribution in [3.63, 3.8) is 0 Å². The van der Waals surface area contributed by atoms with E-state index in [9.17, 15) is 24.0 Å². The van der Waals surface area contributed by atoms with Gasteiger partial charge in [-0.25, -0.2) is 9.59 Å². The van der Waals surface area contributed by atoms with E-state index in [0.29, 0.717) is 91.0 Å². The highest BCUT2D eigenvalue weighted by Crippen LogP contribution is 2.13. The highest BCUT2D eigenvalue weighted by atomic mass is 16.7. The second-order valence-electron chi connectivity index (χ2n) is 11.0. The molecule has 1 aliphatic rings. The van der Waals surface area contributed by atoms with Gasteiger partial charge in [0.2, 0.25) is 5.91 Å². The number of rotatable bonds is 29. The van der Waals surface area contributed by atoms with E-state index in [1.165, 1.54) is 0 Å². The lowest BCUT2D eigenvalue weighted by atomic mass is 10.2. The van der Waals surface area contributed by atoms with Crippen LogP contribution in [0.2, 0.25) is 0 Å². The van der Waals surface area contributed by atoms with Crippen molar-refractivity contribution in [3.05, 3.63) is 0 Å². The molecule has 0 aromatic carbocycles. The Morgan fingerprint density at radius 1 is 0.667 bits per heavy atom. The Hall–Kier alpha value is -2.97. The number of imide groups is 1. The number of alkyl carbamates (subject to hydrolysis) is 1. The van der Waals surface area contributed by atoms with Gasteiger partial charge in [-0.15, -0.1) is 5.06 Å². The average Bonchev–Trinajstić information content (AvgIpc) is 3.34. The monoisotopic (exact) mass is 695 g/mol. The second-order valence-corrected chi connectivity index (χ2v) is 11.0. The Morgan fingerprint density at radius 3 is 1.46 bits per heavy atom. The molecule has 1 aliphatic heterocycles. The van der Waals surface area contributed by atoms with Crippen LogP contribution in [-0.2, 0) is 66.6 Å². The minimum absolute atomic E-state index is 0.0373. The molecule has 0 unspecified atom stereocenters. The van der Waals surface area contributed by atoms with Crippen LogP contribution in [0.5, 0.6) is 0 Å². The van der Waals surface area contributed by atoms with Gasteiger partial charge < -0.3 is 58.1 Å². The lowest BCUT2D eigenvalue weighted by Crippen LogP contribution is -2.52. The molecule has 0 saturated carbocycles. The third-order valence-corrected chi connectivity index (χ3v) is 5.80. The van der Waals surface area contributed by atoms with Crippen molar-refractivity contribution in [3.8, 4) is 0 Å². The molecule has 1 saturated heterocycles. The molecule has 18 heteroatoms. The summed E-state index contributed by atoms with van der Waals surface area (Å²) in [4.78, 5) is 65.6. The van der Waals surface area contributed by atoms with Gasteiger partial charge in [-0.1, -0.05) is 0 Å². The van der Waals surface area contributed by atoms with Gasteiger partial charge in [-0.05, 0) is 20.8 Å². The van der Waals surface area contributed by atoms with Gasteiger partial charge in [-0.3, -0.25) is 14.4 Å². The summed E-state index contributed by atoms with van der Waals surface area (Å²) in [5.41, 5.74) is -0.861. The van der Waals surface area contributed by atoms with Crippen molar-refractivity contribution in [2.75, 3.05) is 113 Å². The molecule has 0 aromatic heterocycles. The normalized spacial score (nSPS) is 13.9. The van der Waals surface area contributed by atoms with Crippen LogP contribution >= 0.6 is 0 Å². The summed E-state index contributed by atoms with van der Waals surface area (Å²) in [6, 6.07) is -1.43. The summed E-state index contributed by atoms with van der Waals surface area (Å²) in [5.74, 6) is -2.95. The number of nitrogens with one attached hydrogen (secondary N) is 2. The third-order valence-electron chi connectivity index (χ3n) is 5.80. The van der Waals surface area contributed by atoms with Crippen LogP contribution in [0.1, 0.15) is 40.0 Å². The van der Waals surface area contributed by atoms with Crippen molar-refractivity contribution in [1.82, 2.24) is 15.7 Å². The summed E-state index contributed by atoms with van der Waals surface area (Å²) in [5, 5.41) is 5.13. The van der Waals surface area contributed by atoms with Crippen LogP contribution < -0.4 is 10.6 Å². The molecule has 1 rings (SSSR count). The smallest absolute Gasteiger partial charge is 0.408 e. The molecule has 1 heterocycles. The zero-order chi connectivity index (χ0) is 35.5. The van der Waals surface area contributed by atoms with Gasteiger partial charge in [0.15, 0.2) is 0 Å². The number of ether oxygens (including phenoxy) is 9. The summed E-state index contributed by atoms with van der Waals surface area (Å²) >= 11 is 0. The first-order valence-electron chi connectivity index (χ1n) is 15.9. The van der Waals surface area contributed by atoms with Crippen molar-refractivity contribution >= 4 is 29.8 Å². The molecule has 0 spiro atoms. The Labute approximate surface area is 281 Å². The van der Waals surface area contributed by atoms with E-state index in [1.807, 2.05) is 0 Å². The SMILES string of the molecule is COCCOCCOCCOCCOCCOCCOCCOCCC(=O)NC[C@H](NC(=O)OC(C)(C)C)C(=O)ON1C(=O)CCC1=O. The third kappa shape index (κ3) is 23.4. The zero-order valence-corrected chi connectivity index (χ0v) is 28.6. The number of nitrogens with zero attached hydrogens (tertiary/aromatic N) is 1. The van der Waals surface area contributed by atoms with E-state index in [4.69, 9.17) is 47.5 Å². The molecule has 1 fully saturated rings. The van der Waals surface area contributed by atoms with Crippen LogP contribution in [0.15, 0.2) is 0 Å². The lowest BCUT2D eigenvalue weighted by Gasteiger charge is -2.24. The van der Waals surface area contributed by atoms with Gasteiger partial charge in [0.05, 0.1) is 99.1 Å². The number of carbonyl (C=O) groups excluding carboxylic acids is 5. The molecule has 4 amide bonds. The first-order chi connectivity index (χ1) is 23.0. The largest absolute Gasteiger partial charge is 0.444 e. The Kier molecular flexibility index (Phi) is 24.1. The Balaban J connectivity index is 2.04. The van der Waals surface area contributed by atoms with Crippen molar-refractivity contribution < 1.29 is 71.4 Å². The van der Waals surface area contributed by atoms with Gasteiger partial charge in [0.1, 0.15) is 11.6 Å². The van der Waals surface area contributed by atoms with E-state index in [-0.39, 0.29) is 39.0 Å². The maximum Gasteiger partial charge on any atom is 0.408 e. The minimum Gasteiger partial charge on any atom is -0.444 e. The number of hydrogen-bond donors (Lipinski definition) is 2. The van der Waals surface area contributed by atoms with Crippen LogP contribution in [0.3, 0.4) is 0 Å². The minimum atomic E-state index is -1.43. The van der Waals surface area contributed by atoms with Gasteiger partial charge in [0, 0.05) is 32.9 Å². The highest BCUT2D eigenvalue weighted by Gasteiger charge is 2.36. The average molecular weight is 696 g/mol. The maximum absolute atomic E-state index is 12.6. The molecule has 18 nitrogen and oxygen atoms in total. The van der Waals surface area contributed by atoms with Crippen molar-refractivity contribution in [2.24, 2.45) is 0 Å². The van der Waals surface area contributed by atoms with E-state index < -0.39 is 41.4 Å². The number of carbonyl (C=O) groups is 5. The first kappa shape index (κ1) is 43.1.